The minimum Gasteiger partial charge on any atom is -0.493 e. The van der Waals surface area contributed by atoms with Gasteiger partial charge in [0, 0.05) is 11.4 Å². The highest BCUT2D eigenvalue weighted by atomic mass is 35.5. The summed E-state index contributed by atoms with van der Waals surface area (Å²) in [5.74, 6) is 3.92. The molecule has 17 heavy (non-hydrogen) atoms. The molecule has 0 aliphatic carbocycles. The molecular formula is C15H19ClO. The van der Waals surface area contributed by atoms with Crippen LogP contribution in [-0.2, 0) is 0 Å². The topological polar surface area (TPSA) is 9.23 Å². The quantitative estimate of drug-likeness (QED) is 0.550. The van der Waals surface area contributed by atoms with Crippen LogP contribution in [0.5, 0.6) is 5.75 Å². The first-order chi connectivity index (χ1) is 8.06. The molecule has 1 aromatic rings. The molecule has 0 N–H and O–H groups in total. The van der Waals surface area contributed by atoms with Crippen molar-refractivity contribution in [3.8, 4) is 18.1 Å². The lowest BCUT2D eigenvalue weighted by Gasteiger charge is -2.14. The zero-order valence-corrected chi connectivity index (χ0v) is 11.5. The molecule has 1 aromatic carbocycles. The predicted molar refractivity (Wildman–Crippen MR) is 73.8 cm³/mol. The Hall–Kier alpha value is -1.13. The lowest BCUT2D eigenvalue weighted by molar-refractivity contribution is 0.310. The lowest BCUT2D eigenvalue weighted by Crippen LogP contribution is -2.00. The summed E-state index contributed by atoms with van der Waals surface area (Å²) in [5, 5.41) is 0.813. The van der Waals surface area contributed by atoms with E-state index in [-0.39, 0.29) is 0 Å². The van der Waals surface area contributed by atoms with Gasteiger partial charge in [-0.25, -0.2) is 0 Å². The molecular weight excluding hydrogens is 232 g/mol. The highest BCUT2D eigenvalue weighted by molar-refractivity contribution is 6.31. The summed E-state index contributed by atoms with van der Waals surface area (Å²) < 4.78 is 5.73. The molecule has 0 heterocycles. The van der Waals surface area contributed by atoms with Crippen LogP contribution in [0, 0.1) is 19.3 Å². The first kappa shape index (κ1) is 13.9. The average Bonchev–Trinajstić information content (AvgIpc) is 2.26. The summed E-state index contributed by atoms with van der Waals surface area (Å²) in [7, 11) is 0. The zero-order valence-electron chi connectivity index (χ0n) is 10.7. The van der Waals surface area contributed by atoms with Crippen LogP contribution >= 0.6 is 11.6 Å². The van der Waals surface area contributed by atoms with E-state index < -0.39 is 0 Å². The Kier molecular flexibility index (Phi) is 5.38. The van der Waals surface area contributed by atoms with Gasteiger partial charge in [-0.3, -0.25) is 0 Å². The maximum absolute atomic E-state index is 6.20. The number of halogens is 1. The first-order valence-electron chi connectivity index (χ1n) is 5.92. The van der Waals surface area contributed by atoms with Crippen molar-refractivity contribution in [3.05, 3.63) is 28.3 Å². The highest BCUT2D eigenvalue weighted by Crippen LogP contribution is 2.31. The van der Waals surface area contributed by atoms with E-state index in [9.17, 15) is 0 Å². The summed E-state index contributed by atoms with van der Waals surface area (Å²) in [4.78, 5) is 0. The van der Waals surface area contributed by atoms with Gasteiger partial charge < -0.3 is 4.74 Å². The van der Waals surface area contributed by atoms with Gasteiger partial charge in [0.1, 0.15) is 5.75 Å². The Morgan fingerprint density at radius 2 is 2.12 bits per heavy atom. The van der Waals surface area contributed by atoms with Gasteiger partial charge in [-0.15, -0.1) is 12.3 Å². The largest absolute Gasteiger partial charge is 0.493 e. The normalized spacial score (nSPS) is 10.4. The van der Waals surface area contributed by atoms with E-state index in [1.54, 1.807) is 0 Å². The fourth-order valence-corrected chi connectivity index (χ4v) is 2.06. The second kappa shape index (κ2) is 6.57. The van der Waals surface area contributed by atoms with Crippen LogP contribution < -0.4 is 4.74 Å². The smallest absolute Gasteiger partial charge is 0.122 e. The van der Waals surface area contributed by atoms with Crippen LogP contribution in [0.3, 0.4) is 0 Å². The maximum atomic E-state index is 6.20. The standard InChI is InChI=1S/C15H19ClO/c1-5-6-7-8-17-15-10-13(11(2)3)14(16)9-12(15)4/h1,9-11H,6-8H2,2-4H3. The van der Waals surface area contributed by atoms with Crippen molar-refractivity contribution in [2.24, 2.45) is 0 Å². The maximum Gasteiger partial charge on any atom is 0.122 e. The molecule has 1 nitrogen and oxygen atoms in total. The zero-order chi connectivity index (χ0) is 12.8. The molecule has 0 aliphatic heterocycles. The lowest BCUT2D eigenvalue weighted by atomic mass is 10.0. The van der Waals surface area contributed by atoms with Gasteiger partial charge in [-0.2, -0.15) is 0 Å². The minimum absolute atomic E-state index is 0.399. The van der Waals surface area contributed by atoms with Crippen molar-refractivity contribution in [1.29, 1.82) is 0 Å². The third-order valence-corrected chi connectivity index (χ3v) is 2.97. The van der Waals surface area contributed by atoms with Crippen molar-refractivity contribution in [2.45, 2.75) is 39.5 Å². The fourth-order valence-electron chi connectivity index (χ4n) is 1.62. The summed E-state index contributed by atoms with van der Waals surface area (Å²) in [6.45, 7) is 6.91. The van der Waals surface area contributed by atoms with Gasteiger partial charge in [-0.1, -0.05) is 25.4 Å². The van der Waals surface area contributed by atoms with Crippen LogP contribution in [0.25, 0.3) is 0 Å². The number of ether oxygens (including phenoxy) is 1. The Bertz CT molecular complexity index is 416. The van der Waals surface area contributed by atoms with Crippen molar-refractivity contribution >= 4 is 11.6 Å². The first-order valence-corrected chi connectivity index (χ1v) is 6.30. The monoisotopic (exact) mass is 250 g/mol. The molecule has 0 amide bonds. The summed E-state index contributed by atoms with van der Waals surface area (Å²) >= 11 is 6.20. The minimum atomic E-state index is 0.399. The number of hydrogen-bond donors (Lipinski definition) is 0. The SMILES string of the molecule is C#CCCCOc1cc(C(C)C)c(Cl)cc1C. The van der Waals surface area contributed by atoms with Crippen LogP contribution in [0.1, 0.15) is 43.7 Å². The van der Waals surface area contributed by atoms with Gasteiger partial charge in [0.05, 0.1) is 6.61 Å². The van der Waals surface area contributed by atoms with E-state index in [2.05, 4.69) is 19.8 Å². The van der Waals surface area contributed by atoms with E-state index in [4.69, 9.17) is 22.8 Å². The van der Waals surface area contributed by atoms with Gasteiger partial charge in [0.25, 0.3) is 0 Å². The second-order valence-corrected chi connectivity index (χ2v) is 4.86. The van der Waals surface area contributed by atoms with Gasteiger partial charge >= 0.3 is 0 Å². The summed E-state index contributed by atoms with van der Waals surface area (Å²) in [5.41, 5.74) is 2.20. The molecule has 0 aliphatic rings. The Balaban J connectivity index is 2.78. The highest BCUT2D eigenvalue weighted by Gasteiger charge is 2.09. The molecule has 0 spiro atoms. The van der Waals surface area contributed by atoms with Gasteiger partial charge in [0.15, 0.2) is 0 Å². The third-order valence-electron chi connectivity index (χ3n) is 2.64. The third kappa shape index (κ3) is 3.98. The molecule has 0 aromatic heterocycles. The van der Waals surface area contributed by atoms with Crippen LogP contribution in [-0.4, -0.2) is 6.61 Å². The average molecular weight is 251 g/mol. The second-order valence-electron chi connectivity index (χ2n) is 4.45. The fraction of sp³-hybridized carbons (Fsp3) is 0.467. The van der Waals surface area contributed by atoms with Crippen molar-refractivity contribution in [1.82, 2.24) is 0 Å². The molecule has 0 bridgehead atoms. The van der Waals surface area contributed by atoms with Crippen LogP contribution in [0.15, 0.2) is 12.1 Å². The van der Waals surface area contributed by atoms with E-state index in [1.165, 1.54) is 0 Å². The number of hydrogen-bond acceptors (Lipinski definition) is 1. The van der Waals surface area contributed by atoms with Gasteiger partial charge in [0.2, 0.25) is 0 Å². The Morgan fingerprint density at radius 1 is 1.41 bits per heavy atom. The van der Waals surface area contributed by atoms with E-state index in [0.717, 1.165) is 34.7 Å². The molecule has 0 saturated carbocycles. The molecule has 1 rings (SSSR count). The van der Waals surface area contributed by atoms with Crippen LogP contribution in [0.4, 0.5) is 0 Å². The van der Waals surface area contributed by atoms with Crippen molar-refractivity contribution in [3.63, 3.8) is 0 Å². The molecule has 0 unspecified atom stereocenters. The molecule has 0 radical (unpaired) electrons. The molecule has 0 atom stereocenters. The Labute approximate surface area is 109 Å². The molecule has 2 heteroatoms. The van der Waals surface area contributed by atoms with Crippen LogP contribution in [0.2, 0.25) is 5.02 Å². The van der Waals surface area contributed by atoms with Crippen molar-refractivity contribution < 1.29 is 4.74 Å². The van der Waals surface area contributed by atoms with Gasteiger partial charge in [-0.05, 0) is 42.5 Å². The van der Waals surface area contributed by atoms with Crippen molar-refractivity contribution in [2.75, 3.05) is 6.61 Å². The molecule has 0 fully saturated rings. The number of terminal acetylenes is 1. The number of benzene rings is 1. The number of unbranched alkanes of at least 4 members (excludes halogenated alkanes) is 1. The number of rotatable bonds is 5. The number of aryl methyl sites for hydroxylation is 1. The van der Waals surface area contributed by atoms with E-state index in [0.29, 0.717) is 12.5 Å². The van der Waals surface area contributed by atoms with E-state index in [1.807, 2.05) is 19.1 Å². The summed E-state index contributed by atoms with van der Waals surface area (Å²) in [6.07, 6.45) is 6.84. The Morgan fingerprint density at radius 3 is 2.71 bits per heavy atom. The summed E-state index contributed by atoms with van der Waals surface area (Å²) in [6, 6.07) is 4.01. The predicted octanol–water partition coefficient (Wildman–Crippen LogP) is 4.56. The molecule has 0 saturated heterocycles. The molecule has 92 valence electrons. The van der Waals surface area contributed by atoms with E-state index >= 15 is 0 Å².